The Morgan fingerprint density at radius 2 is 2.11 bits per heavy atom. The lowest BCUT2D eigenvalue weighted by molar-refractivity contribution is -0.118. The molecule has 0 radical (unpaired) electrons. The summed E-state index contributed by atoms with van der Waals surface area (Å²) >= 11 is 0. The second kappa shape index (κ2) is 6.54. The first-order valence-electron chi connectivity index (χ1n) is 5.33. The van der Waals surface area contributed by atoms with Crippen LogP contribution in [0.25, 0.3) is 6.08 Å². The molecule has 18 heavy (non-hydrogen) atoms. The van der Waals surface area contributed by atoms with E-state index in [0.717, 1.165) is 6.07 Å². The molecule has 5 heteroatoms. The number of hydrogen-bond acceptors (Lipinski definition) is 3. The van der Waals surface area contributed by atoms with Gasteiger partial charge in [0, 0.05) is 13.5 Å². The first-order chi connectivity index (χ1) is 8.52. The molecule has 1 N–H and O–H groups in total. The molecule has 0 spiro atoms. The van der Waals surface area contributed by atoms with Crippen molar-refractivity contribution in [2.24, 2.45) is 0 Å². The molecule has 0 saturated carbocycles. The molecular weight excluding hydrogens is 237 g/mol. The topological polar surface area (TPSA) is 55.4 Å². The van der Waals surface area contributed by atoms with Crippen molar-refractivity contribution in [2.45, 2.75) is 6.92 Å². The highest BCUT2D eigenvalue weighted by molar-refractivity contribution is 5.90. The monoisotopic (exact) mass is 251 g/mol. The molecule has 0 heterocycles. The molecule has 0 bridgehead atoms. The number of ether oxygens (including phenoxy) is 1. The Morgan fingerprint density at radius 3 is 2.72 bits per heavy atom. The van der Waals surface area contributed by atoms with Gasteiger partial charge in [-0.2, -0.15) is 0 Å². The normalized spacial score (nSPS) is 10.4. The molecule has 0 aromatic heterocycles. The highest BCUT2D eigenvalue weighted by Crippen LogP contribution is 2.11. The third-order valence-corrected chi connectivity index (χ3v) is 2.12. The zero-order valence-corrected chi connectivity index (χ0v) is 10.2. The van der Waals surface area contributed by atoms with E-state index in [1.54, 1.807) is 12.2 Å². The zero-order chi connectivity index (χ0) is 13.5. The van der Waals surface area contributed by atoms with E-state index in [1.807, 2.05) is 0 Å². The lowest BCUT2D eigenvalue weighted by Crippen LogP contribution is -2.19. The van der Waals surface area contributed by atoms with E-state index >= 15 is 0 Å². The van der Waals surface area contributed by atoms with Gasteiger partial charge in [-0.15, -0.1) is 0 Å². The van der Waals surface area contributed by atoms with Gasteiger partial charge in [-0.25, -0.2) is 9.18 Å². The van der Waals surface area contributed by atoms with Crippen LogP contribution in [0.4, 0.5) is 4.39 Å². The fourth-order valence-electron chi connectivity index (χ4n) is 1.34. The molecule has 1 aromatic rings. The van der Waals surface area contributed by atoms with E-state index in [9.17, 15) is 14.0 Å². The fourth-order valence-corrected chi connectivity index (χ4v) is 1.34. The van der Waals surface area contributed by atoms with Crippen LogP contribution in [0, 0.1) is 5.82 Å². The Labute approximate surface area is 104 Å². The number of methoxy groups -OCH3 is 1. The summed E-state index contributed by atoms with van der Waals surface area (Å²) in [7, 11) is 1.24. The molecule has 1 rings (SSSR count). The predicted molar refractivity (Wildman–Crippen MR) is 65.5 cm³/mol. The quantitative estimate of drug-likeness (QED) is 0.830. The lowest BCUT2D eigenvalue weighted by Gasteiger charge is -2.01. The number of hydrogen-bond donors (Lipinski definition) is 1. The van der Waals surface area contributed by atoms with Crippen LogP contribution in [0.5, 0.6) is 0 Å². The van der Waals surface area contributed by atoms with E-state index in [0.29, 0.717) is 12.1 Å². The van der Waals surface area contributed by atoms with Gasteiger partial charge >= 0.3 is 5.97 Å². The predicted octanol–water partition coefficient (Wildman–Crippen LogP) is 1.76. The summed E-state index contributed by atoms with van der Waals surface area (Å²) in [4.78, 5) is 21.9. The standard InChI is InChI=1S/C13H14FNO3/c1-9(16)15-5-3-4-10-6-11(13(17)18-2)8-12(14)7-10/h3-4,6-8H,5H2,1-2H3,(H,15,16). The molecule has 0 fully saturated rings. The minimum absolute atomic E-state index is 0.144. The van der Waals surface area contributed by atoms with Crippen molar-refractivity contribution in [1.29, 1.82) is 0 Å². The number of carbonyl (C=O) groups excluding carboxylic acids is 2. The summed E-state index contributed by atoms with van der Waals surface area (Å²) in [6.45, 7) is 1.75. The average molecular weight is 251 g/mol. The average Bonchev–Trinajstić information content (AvgIpc) is 2.32. The molecule has 0 aliphatic heterocycles. The summed E-state index contributed by atoms with van der Waals surface area (Å²) in [6.07, 6.45) is 3.28. The number of esters is 1. The van der Waals surface area contributed by atoms with Crippen molar-refractivity contribution in [1.82, 2.24) is 5.32 Å². The Bertz CT molecular complexity index is 483. The van der Waals surface area contributed by atoms with Crippen LogP contribution >= 0.6 is 0 Å². The van der Waals surface area contributed by atoms with Crippen molar-refractivity contribution in [3.05, 3.63) is 41.2 Å². The first kappa shape index (κ1) is 13.9. The maximum absolute atomic E-state index is 13.3. The minimum atomic E-state index is -0.592. The number of carbonyl (C=O) groups is 2. The van der Waals surface area contributed by atoms with E-state index in [2.05, 4.69) is 10.1 Å². The van der Waals surface area contributed by atoms with Gasteiger partial charge in [0.2, 0.25) is 5.91 Å². The number of amides is 1. The Morgan fingerprint density at radius 1 is 1.39 bits per heavy atom. The van der Waals surface area contributed by atoms with E-state index in [4.69, 9.17) is 0 Å². The van der Waals surface area contributed by atoms with E-state index in [1.165, 1.54) is 26.2 Å². The molecule has 0 unspecified atom stereocenters. The van der Waals surface area contributed by atoms with Crippen LogP contribution < -0.4 is 5.32 Å². The molecule has 4 nitrogen and oxygen atoms in total. The second-order valence-corrected chi connectivity index (χ2v) is 3.60. The highest BCUT2D eigenvalue weighted by Gasteiger charge is 2.07. The first-order valence-corrected chi connectivity index (χ1v) is 5.33. The van der Waals surface area contributed by atoms with Gasteiger partial charge in [0.1, 0.15) is 5.82 Å². The summed E-state index contributed by atoms with van der Waals surface area (Å²) in [5.41, 5.74) is 0.678. The smallest absolute Gasteiger partial charge is 0.337 e. The summed E-state index contributed by atoms with van der Waals surface area (Å²) < 4.78 is 17.8. The van der Waals surface area contributed by atoms with Crippen LogP contribution in [0.1, 0.15) is 22.8 Å². The van der Waals surface area contributed by atoms with Crippen LogP contribution in [0.3, 0.4) is 0 Å². The molecule has 0 aliphatic carbocycles. The van der Waals surface area contributed by atoms with Gasteiger partial charge in [0.25, 0.3) is 0 Å². The third-order valence-electron chi connectivity index (χ3n) is 2.12. The number of nitrogens with one attached hydrogen (secondary N) is 1. The molecule has 0 aliphatic rings. The van der Waals surface area contributed by atoms with Crippen molar-refractivity contribution in [3.63, 3.8) is 0 Å². The number of benzene rings is 1. The molecule has 96 valence electrons. The number of rotatable bonds is 4. The van der Waals surface area contributed by atoms with E-state index in [-0.39, 0.29) is 11.5 Å². The van der Waals surface area contributed by atoms with Crippen LogP contribution in [0.2, 0.25) is 0 Å². The van der Waals surface area contributed by atoms with Crippen molar-refractivity contribution < 1.29 is 18.7 Å². The Hall–Kier alpha value is -2.17. The highest BCUT2D eigenvalue weighted by atomic mass is 19.1. The Kier molecular flexibility index (Phi) is 5.05. The third kappa shape index (κ3) is 4.37. The van der Waals surface area contributed by atoms with Gasteiger partial charge in [-0.1, -0.05) is 12.2 Å². The zero-order valence-electron chi connectivity index (χ0n) is 10.2. The van der Waals surface area contributed by atoms with Crippen molar-refractivity contribution >= 4 is 18.0 Å². The molecule has 1 amide bonds. The van der Waals surface area contributed by atoms with E-state index < -0.39 is 11.8 Å². The van der Waals surface area contributed by atoms with Gasteiger partial charge in [0.05, 0.1) is 12.7 Å². The van der Waals surface area contributed by atoms with Crippen LogP contribution in [-0.4, -0.2) is 25.5 Å². The van der Waals surface area contributed by atoms with Crippen LogP contribution in [-0.2, 0) is 9.53 Å². The van der Waals surface area contributed by atoms with Crippen molar-refractivity contribution in [2.75, 3.05) is 13.7 Å². The SMILES string of the molecule is COC(=O)c1cc(F)cc(C=CCNC(C)=O)c1. The van der Waals surface area contributed by atoms with Gasteiger partial charge in [-0.3, -0.25) is 4.79 Å². The molecule has 1 aromatic carbocycles. The van der Waals surface area contributed by atoms with Gasteiger partial charge < -0.3 is 10.1 Å². The Balaban J connectivity index is 2.80. The fraction of sp³-hybridized carbons (Fsp3) is 0.231. The maximum Gasteiger partial charge on any atom is 0.337 e. The largest absolute Gasteiger partial charge is 0.465 e. The second-order valence-electron chi connectivity index (χ2n) is 3.60. The van der Waals surface area contributed by atoms with Gasteiger partial charge in [0.15, 0.2) is 0 Å². The summed E-state index contributed by atoms with van der Waals surface area (Å²) in [5, 5.41) is 2.57. The van der Waals surface area contributed by atoms with Crippen molar-refractivity contribution in [3.8, 4) is 0 Å². The summed E-state index contributed by atoms with van der Waals surface area (Å²) in [5.74, 6) is -1.25. The minimum Gasteiger partial charge on any atom is -0.465 e. The lowest BCUT2D eigenvalue weighted by atomic mass is 10.1. The van der Waals surface area contributed by atoms with Crippen LogP contribution in [0.15, 0.2) is 24.3 Å². The van der Waals surface area contributed by atoms with Gasteiger partial charge in [-0.05, 0) is 23.8 Å². The summed E-state index contributed by atoms with van der Waals surface area (Å²) in [6, 6.07) is 3.91. The maximum atomic E-state index is 13.3. The number of halogens is 1. The molecule has 0 saturated heterocycles. The molecule has 0 atom stereocenters. The molecular formula is C13H14FNO3.